The molecule has 0 spiro atoms. The van der Waals surface area contributed by atoms with Crippen LogP contribution >= 0.6 is 0 Å². The molecule has 144 valence electrons. The number of amides is 1. The first-order valence-electron chi connectivity index (χ1n) is 9.57. The maximum atomic E-state index is 12.5. The van der Waals surface area contributed by atoms with Crippen molar-refractivity contribution in [3.8, 4) is 0 Å². The number of nitrogens with zero attached hydrogens (tertiary/aromatic N) is 4. The lowest BCUT2D eigenvalue weighted by molar-refractivity contribution is 0.102. The fourth-order valence-corrected chi connectivity index (χ4v) is 2.96. The summed E-state index contributed by atoms with van der Waals surface area (Å²) in [6.07, 6.45) is 3.74. The third-order valence-corrected chi connectivity index (χ3v) is 4.70. The molecule has 0 saturated carbocycles. The van der Waals surface area contributed by atoms with E-state index in [0.717, 1.165) is 51.3 Å². The van der Waals surface area contributed by atoms with Gasteiger partial charge in [-0.25, -0.2) is 9.97 Å². The summed E-state index contributed by atoms with van der Waals surface area (Å²) in [6.45, 7) is 7.12. The maximum absolute atomic E-state index is 12.5. The molecule has 1 aromatic heterocycles. The molecule has 2 N–H and O–H groups in total. The fraction of sp³-hybridized carbons (Fsp3) is 0.450. The van der Waals surface area contributed by atoms with E-state index in [9.17, 15) is 4.79 Å². The molecule has 0 unspecified atom stereocenters. The summed E-state index contributed by atoms with van der Waals surface area (Å²) in [5.41, 5.74) is 2.30. The van der Waals surface area contributed by atoms with Crippen molar-refractivity contribution >= 4 is 23.2 Å². The molecule has 1 saturated heterocycles. The lowest BCUT2D eigenvalue weighted by Gasteiger charge is -2.34. The van der Waals surface area contributed by atoms with Gasteiger partial charge in [0.15, 0.2) is 0 Å². The van der Waals surface area contributed by atoms with Gasteiger partial charge in [-0.15, -0.1) is 0 Å². The molecular formula is C20H28N6O. The standard InChI is InChI=1S/C20H28N6O/c1-3-4-10-21-20-22-11-9-18(24-20)19(27)23-16-5-7-17(8-6-16)26-14-12-25(2)13-15-26/h5-9,11H,3-4,10,12-15H2,1-2H3,(H,23,27)(H,21,22,24). The van der Waals surface area contributed by atoms with Gasteiger partial charge in [0.05, 0.1) is 0 Å². The second-order valence-corrected chi connectivity index (χ2v) is 6.84. The Bertz CT molecular complexity index is 740. The molecule has 0 bridgehead atoms. The highest BCUT2D eigenvalue weighted by Crippen LogP contribution is 2.19. The van der Waals surface area contributed by atoms with E-state index in [1.165, 1.54) is 5.69 Å². The number of benzene rings is 1. The van der Waals surface area contributed by atoms with Crippen molar-refractivity contribution < 1.29 is 4.79 Å². The van der Waals surface area contributed by atoms with Crippen molar-refractivity contribution in [2.24, 2.45) is 0 Å². The largest absolute Gasteiger partial charge is 0.369 e. The van der Waals surface area contributed by atoms with Crippen LogP contribution in [0.1, 0.15) is 30.3 Å². The summed E-state index contributed by atoms with van der Waals surface area (Å²) in [7, 11) is 2.15. The molecule has 7 nitrogen and oxygen atoms in total. The first kappa shape index (κ1) is 19.1. The van der Waals surface area contributed by atoms with Crippen LogP contribution in [0.4, 0.5) is 17.3 Å². The van der Waals surface area contributed by atoms with E-state index < -0.39 is 0 Å². The molecule has 1 aliphatic rings. The predicted octanol–water partition coefficient (Wildman–Crippen LogP) is 2.69. The molecule has 1 amide bonds. The zero-order chi connectivity index (χ0) is 19.1. The van der Waals surface area contributed by atoms with Crippen LogP contribution in [0.5, 0.6) is 0 Å². The molecule has 7 heteroatoms. The highest BCUT2D eigenvalue weighted by Gasteiger charge is 2.14. The monoisotopic (exact) mass is 368 g/mol. The summed E-state index contributed by atoms with van der Waals surface area (Å²) >= 11 is 0. The predicted molar refractivity (Wildman–Crippen MR) is 110 cm³/mol. The number of aromatic nitrogens is 2. The third kappa shape index (κ3) is 5.40. The van der Waals surface area contributed by atoms with Gasteiger partial charge in [0.2, 0.25) is 5.95 Å². The minimum Gasteiger partial charge on any atom is -0.369 e. The highest BCUT2D eigenvalue weighted by atomic mass is 16.1. The molecule has 2 aromatic rings. The minimum atomic E-state index is -0.233. The van der Waals surface area contributed by atoms with E-state index >= 15 is 0 Å². The molecule has 0 radical (unpaired) electrons. The van der Waals surface area contributed by atoms with Crippen LogP contribution in [-0.2, 0) is 0 Å². The van der Waals surface area contributed by atoms with Crippen LogP contribution in [-0.4, -0.2) is 60.5 Å². The number of likely N-dealkylation sites (N-methyl/N-ethyl adjacent to an activating group) is 1. The average molecular weight is 368 g/mol. The van der Waals surface area contributed by atoms with Crippen LogP contribution in [0.2, 0.25) is 0 Å². The Kier molecular flexibility index (Phi) is 6.59. The van der Waals surface area contributed by atoms with Crippen LogP contribution < -0.4 is 15.5 Å². The number of rotatable bonds is 7. The number of carbonyl (C=O) groups excluding carboxylic acids is 1. The fourth-order valence-electron chi connectivity index (χ4n) is 2.96. The van der Waals surface area contributed by atoms with E-state index in [1.54, 1.807) is 12.3 Å². The number of piperazine rings is 1. The molecular weight excluding hydrogens is 340 g/mol. The zero-order valence-corrected chi connectivity index (χ0v) is 16.1. The average Bonchev–Trinajstić information content (AvgIpc) is 2.70. The van der Waals surface area contributed by atoms with Gasteiger partial charge in [0, 0.05) is 50.3 Å². The lowest BCUT2D eigenvalue weighted by Crippen LogP contribution is -2.44. The maximum Gasteiger partial charge on any atom is 0.274 e. The van der Waals surface area contributed by atoms with Crippen LogP contribution in [0.3, 0.4) is 0 Å². The molecule has 0 atom stereocenters. The molecule has 27 heavy (non-hydrogen) atoms. The number of anilines is 3. The number of nitrogens with one attached hydrogen (secondary N) is 2. The van der Waals surface area contributed by atoms with Gasteiger partial charge in [-0.1, -0.05) is 13.3 Å². The molecule has 0 aliphatic carbocycles. The summed E-state index contributed by atoms with van der Waals surface area (Å²) < 4.78 is 0. The second kappa shape index (κ2) is 9.32. The van der Waals surface area contributed by atoms with Crippen LogP contribution in [0.25, 0.3) is 0 Å². The van der Waals surface area contributed by atoms with Gasteiger partial charge in [-0.05, 0) is 43.8 Å². The molecule has 1 aliphatic heterocycles. The van der Waals surface area contributed by atoms with E-state index in [1.807, 2.05) is 12.1 Å². The van der Waals surface area contributed by atoms with Crippen molar-refractivity contribution in [3.05, 3.63) is 42.2 Å². The number of hydrogen-bond donors (Lipinski definition) is 2. The summed E-state index contributed by atoms with van der Waals surface area (Å²) in [5.74, 6) is 0.254. The quantitative estimate of drug-likeness (QED) is 0.732. The Morgan fingerprint density at radius 1 is 1.11 bits per heavy atom. The second-order valence-electron chi connectivity index (χ2n) is 6.84. The van der Waals surface area contributed by atoms with E-state index in [4.69, 9.17) is 0 Å². The van der Waals surface area contributed by atoms with Crippen molar-refractivity contribution in [1.82, 2.24) is 14.9 Å². The van der Waals surface area contributed by atoms with Gasteiger partial charge >= 0.3 is 0 Å². The Balaban J connectivity index is 1.58. The summed E-state index contributed by atoms with van der Waals surface area (Å²) in [4.78, 5) is 25.6. The van der Waals surface area contributed by atoms with Crippen LogP contribution in [0.15, 0.2) is 36.5 Å². The normalized spacial score (nSPS) is 14.8. The molecule has 3 rings (SSSR count). The lowest BCUT2D eigenvalue weighted by atomic mass is 10.2. The first-order chi connectivity index (χ1) is 13.2. The van der Waals surface area contributed by atoms with Gasteiger partial charge in [0.25, 0.3) is 5.91 Å². The van der Waals surface area contributed by atoms with E-state index in [-0.39, 0.29) is 5.91 Å². The van der Waals surface area contributed by atoms with Crippen molar-refractivity contribution in [2.45, 2.75) is 19.8 Å². The number of carbonyl (C=O) groups is 1. The van der Waals surface area contributed by atoms with Crippen molar-refractivity contribution in [2.75, 3.05) is 55.3 Å². The molecule has 1 fully saturated rings. The van der Waals surface area contributed by atoms with Gasteiger partial charge in [-0.3, -0.25) is 4.79 Å². The van der Waals surface area contributed by atoms with E-state index in [2.05, 4.69) is 56.5 Å². The smallest absolute Gasteiger partial charge is 0.274 e. The van der Waals surface area contributed by atoms with Gasteiger partial charge in [-0.2, -0.15) is 0 Å². The minimum absolute atomic E-state index is 0.233. The number of unbranched alkanes of at least 4 members (excludes halogenated alkanes) is 1. The molecule has 2 heterocycles. The SMILES string of the molecule is CCCCNc1nccc(C(=O)Nc2ccc(N3CCN(C)CC3)cc2)n1. The van der Waals surface area contributed by atoms with Crippen molar-refractivity contribution in [1.29, 1.82) is 0 Å². The van der Waals surface area contributed by atoms with Gasteiger partial charge < -0.3 is 20.4 Å². The Labute approximate surface area is 160 Å². The van der Waals surface area contributed by atoms with Crippen molar-refractivity contribution in [3.63, 3.8) is 0 Å². The molecule has 1 aromatic carbocycles. The van der Waals surface area contributed by atoms with E-state index in [0.29, 0.717) is 11.6 Å². The summed E-state index contributed by atoms with van der Waals surface area (Å²) in [6, 6.07) is 9.61. The Morgan fingerprint density at radius 2 is 1.85 bits per heavy atom. The first-order valence-corrected chi connectivity index (χ1v) is 9.57. The third-order valence-electron chi connectivity index (χ3n) is 4.70. The summed E-state index contributed by atoms with van der Waals surface area (Å²) in [5, 5.41) is 6.05. The zero-order valence-electron chi connectivity index (χ0n) is 16.1. The highest BCUT2D eigenvalue weighted by molar-refractivity contribution is 6.03. The Hall–Kier alpha value is -2.67. The topological polar surface area (TPSA) is 73.4 Å². The van der Waals surface area contributed by atoms with Crippen LogP contribution in [0, 0.1) is 0 Å². The number of hydrogen-bond acceptors (Lipinski definition) is 6. The Morgan fingerprint density at radius 3 is 2.56 bits per heavy atom. The van der Waals surface area contributed by atoms with Gasteiger partial charge in [0.1, 0.15) is 5.69 Å².